The van der Waals surface area contributed by atoms with Crippen molar-refractivity contribution in [2.45, 2.75) is 6.42 Å². The lowest BCUT2D eigenvalue weighted by molar-refractivity contribution is 1.22. The highest BCUT2D eigenvalue weighted by Gasteiger charge is 1.95. The summed E-state index contributed by atoms with van der Waals surface area (Å²) in [5.74, 6) is 0. The molecule has 0 saturated heterocycles. The molecule has 0 radical (unpaired) electrons. The first-order valence-electron chi connectivity index (χ1n) is 3.68. The van der Waals surface area contributed by atoms with Crippen molar-refractivity contribution in [3.8, 4) is 0 Å². The van der Waals surface area contributed by atoms with Gasteiger partial charge in [-0.15, -0.1) is 0 Å². The molecular formula is C11H12. The monoisotopic (exact) mass is 144 g/mol. The number of hydrogen-bond acceptors (Lipinski definition) is 0. The van der Waals surface area contributed by atoms with Crippen molar-refractivity contribution in [1.29, 1.82) is 0 Å². The molecule has 0 bridgehead atoms. The van der Waals surface area contributed by atoms with Crippen LogP contribution in [0.5, 0.6) is 0 Å². The van der Waals surface area contributed by atoms with Gasteiger partial charge in [-0.2, -0.15) is 0 Å². The topological polar surface area (TPSA) is 0 Å². The minimum atomic E-state index is 0.944. The molecule has 0 N–H and O–H groups in total. The molecule has 0 unspecified atom stereocenters. The normalized spacial score (nSPS) is 16.4. The number of hydrogen-bond donors (Lipinski definition) is 0. The Balaban J connectivity index is 2.85. The Kier molecular flexibility index (Phi) is 2.67. The van der Waals surface area contributed by atoms with Crippen molar-refractivity contribution < 1.29 is 0 Å². The zero-order valence-corrected chi connectivity index (χ0v) is 6.59. The molecule has 0 amide bonds. The van der Waals surface area contributed by atoms with E-state index in [0.717, 1.165) is 6.42 Å². The minimum absolute atomic E-state index is 0.944. The molecule has 0 aliphatic heterocycles. The van der Waals surface area contributed by atoms with Crippen molar-refractivity contribution >= 4 is 0 Å². The summed E-state index contributed by atoms with van der Waals surface area (Å²) in [7, 11) is 0. The number of allylic oxidation sites excluding steroid dienone is 8. The maximum Gasteiger partial charge on any atom is -0.00262 e. The average Bonchev–Trinajstić information content (AvgIpc) is 2.28. The second-order valence-corrected chi connectivity index (χ2v) is 2.45. The molecule has 11 heavy (non-hydrogen) atoms. The zero-order chi connectivity index (χ0) is 8.10. The quantitative estimate of drug-likeness (QED) is 0.558. The lowest BCUT2D eigenvalue weighted by Gasteiger charge is -1.98. The Morgan fingerprint density at radius 1 is 1.00 bits per heavy atom. The largest absolute Gasteiger partial charge is 0.0988 e. The maximum absolute atomic E-state index is 3.73. The van der Waals surface area contributed by atoms with Gasteiger partial charge in [-0.25, -0.2) is 0 Å². The van der Waals surface area contributed by atoms with Gasteiger partial charge in [0.15, 0.2) is 0 Å². The van der Waals surface area contributed by atoms with Crippen LogP contribution in [-0.2, 0) is 0 Å². The fourth-order valence-electron chi connectivity index (χ4n) is 0.992. The summed E-state index contributed by atoms with van der Waals surface area (Å²) in [4.78, 5) is 0. The lowest BCUT2D eigenvalue weighted by Crippen LogP contribution is -1.79. The predicted molar refractivity (Wildman–Crippen MR) is 50.3 cm³/mol. The van der Waals surface area contributed by atoms with Crippen LogP contribution in [0.1, 0.15) is 6.42 Å². The molecule has 0 heterocycles. The summed E-state index contributed by atoms with van der Waals surface area (Å²) in [6, 6.07) is 0. The Morgan fingerprint density at radius 3 is 1.82 bits per heavy atom. The van der Waals surface area contributed by atoms with Gasteiger partial charge >= 0.3 is 0 Å². The van der Waals surface area contributed by atoms with E-state index >= 15 is 0 Å². The predicted octanol–water partition coefficient (Wildman–Crippen LogP) is 3.17. The highest BCUT2D eigenvalue weighted by molar-refractivity contribution is 5.37. The van der Waals surface area contributed by atoms with Crippen LogP contribution in [0.3, 0.4) is 0 Å². The molecule has 0 aromatic rings. The Bertz CT molecular complexity index is 223. The molecule has 0 atom stereocenters. The van der Waals surface area contributed by atoms with Crippen LogP contribution in [0.25, 0.3) is 0 Å². The molecule has 0 aromatic carbocycles. The standard InChI is InChI=1S/C11H12/c1-3-10-7-5-6-8-11(4-2)9-10/h3-8H,1-2,9H2. The highest BCUT2D eigenvalue weighted by Crippen LogP contribution is 2.15. The fraction of sp³-hybridized carbons (Fsp3) is 0.0909. The summed E-state index contributed by atoms with van der Waals surface area (Å²) < 4.78 is 0. The van der Waals surface area contributed by atoms with Crippen molar-refractivity contribution in [1.82, 2.24) is 0 Å². The molecular weight excluding hydrogens is 132 g/mol. The summed E-state index contributed by atoms with van der Waals surface area (Å²) >= 11 is 0. The van der Waals surface area contributed by atoms with Crippen molar-refractivity contribution in [2.24, 2.45) is 0 Å². The van der Waals surface area contributed by atoms with Gasteiger partial charge in [-0.05, 0) is 17.6 Å². The van der Waals surface area contributed by atoms with E-state index < -0.39 is 0 Å². The van der Waals surface area contributed by atoms with E-state index in [4.69, 9.17) is 0 Å². The van der Waals surface area contributed by atoms with Crippen molar-refractivity contribution in [2.75, 3.05) is 0 Å². The first-order valence-corrected chi connectivity index (χ1v) is 3.68. The Morgan fingerprint density at radius 2 is 1.45 bits per heavy atom. The van der Waals surface area contributed by atoms with E-state index in [1.807, 2.05) is 24.3 Å². The van der Waals surface area contributed by atoms with E-state index in [9.17, 15) is 0 Å². The van der Waals surface area contributed by atoms with E-state index in [0.29, 0.717) is 0 Å². The SMILES string of the molecule is C=CC1=CC=CC=C(C=C)C1. The van der Waals surface area contributed by atoms with Crippen LogP contribution in [-0.4, -0.2) is 0 Å². The van der Waals surface area contributed by atoms with Gasteiger partial charge < -0.3 is 0 Å². The van der Waals surface area contributed by atoms with Gasteiger partial charge in [-0.3, -0.25) is 0 Å². The lowest BCUT2D eigenvalue weighted by atomic mass is 10.1. The maximum atomic E-state index is 3.73. The van der Waals surface area contributed by atoms with Gasteiger partial charge in [0.05, 0.1) is 0 Å². The van der Waals surface area contributed by atoms with Gasteiger partial charge in [-0.1, -0.05) is 49.6 Å². The summed E-state index contributed by atoms with van der Waals surface area (Å²) in [6.07, 6.45) is 12.9. The van der Waals surface area contributed by atoms with E-state index in [2.05, 4.69) is 25.3 Å². The Hall–Kier alpha value is -1.30. The molecule has 0 aromatic heterocycles. The number of rotatable bonds is 2. The average molecular weight is 144 g/mol. The third kappa shape index (κ3) is 2.08. The van der Waals surface area contributed by atoms with Gasteiger partial charge in [0.25, 0.3) is 0 Å². The van der Waals surface area contributed by atoms with E-state index in [1.54, 1.807) is 0 Å². The molecule has 0 heteroatoms. The molecule has 1 aliphatic carbocycles. The third-order valence-corrected chi connectivity index (χ3v) is 1.66. The summed E-state index contributed by atoms with van der Waals surface area (Å²) in [5.41, 5.74) is 2.48. The van der Waals surface area contributed by atoms with Crippen LogP contribution in [0.4, 0.5) is 0 Å². The van der Waals surface area contributed by atoms with Crippen LogP contribution in [0.15, 0.2) is 60.8 Å². The Labute approximate surface area is 67.9 Å². The van der Waals surface area contributed by atoms with Crippen LogP contribution >= 0.6 is 0 Å². The van der Waals surface area contributed by atoms with Gasteiger partial charge in [0.2, 0.25) is 0 Å². The first kappa shape index (κ1) is 7.80. The first-order chi connectivity index (χ1) is 5.36. The molecule has 0 fully saturated rings. The minimum Gasteiger partial charge on any atom is -0.0988 e. The highest BCUT2D eigenvalue weighted by atomic mass is 14.0. The molecule has 0 spiro atoms. The molecule has 0 nitrogen and oxygen atoms in total. The van der Waals surface area contributed by atoms with Crippen LogP contribution < -0.4 is 0 Å². The van der Waals surface area contributed by atoms with Crippen molar-refractivity contribution in [3.63, 3.8) is 0 Å². The smallest absolute Gasteiger partial charge is 0.00262 e. The van der Waals surface area contributed by atoms with Crippen molar-refractivity contribution in [3.05, 3.63) is 60.8 Å². The second-order valence-electron chi connectivity index (χ2n) is 2.45. The second kappa shape index (κ2) is 3.77. The van der Waals surface area contributed by atoms with Crippen LogP contribution in [0.2, 0.25) is 0 Å². The third-order valence-electron chi connectivity index (χ3n) is 1.66. The fourth-order valence-corrected chi connectivity index (χ4v) is 0.992. The van der Waals surface area contributed by atoms with Crippen LogP contribution in [0, 0.1) is 0 Å². The van der Waals surface area contributed by atoms with Gasteiger partial charge in [0.1, 0.15) is 0 Å². The summed E-state index contributed by atoms with van der Waals surface area (Å²) in [5, 5.41) is 0. The molecule has 1 aliphatic rings. The molecule has 56 valence electrons. The molecule has 1 rings (SSSR count). The van der Waals surface area contributed by atoms with Gasteiger partial charge in [0, 0.05) is 0 Å². The summed E-state index contributed by atoms with van der Waals surface area (Å²) in [6.45, 7) is 7.46. The van der Waals surface area contributed by atoms with E-state index in [1.165, 1.54) is 11.1 Å². The molecule has 0 saturated carbocycles. The zero-order valence-electron chi connectivity index (χ0n) is 6.59. The van der Waals surface area contributed by atoms with E-state index in [-0.39, 0.29) is 0 Å².